The highest BCUT2D eigenvalue weighted by molar-refractivity contribution is 6.35. The normalized spacial score (nSPS) is 12.1. The summed E-state index contributed by atoms with van der Waals surface area (Å²) in [4.78, 5) is 25.7. The molecule has 0 radical (unpaired) electrons. The van der Waals surface area contributed by atoms with E-state index in [0.29, 0.717) is 32.9 Å². The number of rotatable bonds is 4. The van der Waals surface area contributed by atoms with E-state index >= 15 is 0 Å². The molecule has 0 spiro atoms. The summed E-state index contributed by atoms with van der Waals surface area (Å²) >= 11 is 6.33. The average molecular weight is 379 g/mol. The summed E-state index contributed by atoms with van der Waals surface area (Å²) in [5.74, 6) is 0.318. The lowest BCUT2D eigenvalue weighted by Gasteiger charge is -2.15. The number of carbonyl (C=O) groups excluding carboxylic acids is 1. The molecule has 3 heterocycles. The third-order valence-electron chi connectivity index (χ3n) is 4.20. The van der Waals surface area contributed by atoms with Crippen LogP contribution < -0.4 is 5.32 Å². The Bertz CT molecular complexity index is 1100. The van der Waals surface area contributed by atoms with E-state index < -0.39 is 0 Å². The molecule has 0 bridgehead atoms. The third kappa shape index (κ3) is 3.39. The molecule has 1 N–H and O–H groups in total. The van der Waals surface area contributed by atoms with Gasteiger partial charge in [0, 0.05) is 11.6 Å². The van der Waals surface area contributed by atoms with E-state index in [9.17, 15) is 4.79 Å². The van der Waals surface area contributed by atoms with E-state index in [2.05, 4.69) is 20.3 Å². The fraction of sp³-hybridized carbons (Fsp3) is 0.100. The number of carbonyl (C=O) groups is 1. The van der Waals surface area contributed by atoms with Gasteiger partial charge in [-0.2, -0.15) is 0 Å². The van der Waals surface area contributed by atoms with E-state index in [1.807, 2.05) is 13.0 Å². The number of fused-ring (bicyclic) bond motifs is 1. The summed E-state index contributed by atoms with van der Waals surface area (Å²) in [5, 5.41) is 4.11. The Morgan fingerprint density at radius 1 is 1.22 bits per heavy atom. The molecule has 0 saturated heterocycles. The summed E-state index contributed by atoms with van der Waals surface area (Å²) in [6, 6.07) is 12.1. The molecule has 4 aromatic rings. The highest BCUT2D eigenvalue weighted by Crippen LogP contribution is 2.29. The van der Waals surface area contributed by atoms with Crippen molar-refractivity contribution in [1.29, 1.82) is 0 Å². The standard InChI is InChI=1S/C20H15ClN4O2/c1-12(16-7-8-22-11-23-16)24-20(26)14-10-17(18-6-3-9-27-18)25-19-13(14)4-2-5-15(19)21/h2-12H,1H3,(H,24,26)/t12-/m0/s1. The van der Waals surface area contributed by atoms with Crippen LogP contribution in [0.5, 0.6) is 0 Å². The van der Waals surface area contributed by atoms with Crippen LogP contribution in [-0.2, 0) is 0 Å². The Balaban J connectivity index is 1.78. The summed E-state index contributed by atoms with van der Waals surface area (Å²) < 4.78 is 5.44. The number of amides is 1. The van der Waals surface area contributed by atoms with Gasteiger partial charge in [0.1, 0.15) is 12.0 Å². The number of hydrogen-bond donors (Lipinski definition) is 1. The fourth-order valence-corrected chi connectivity index (χ4v) is 3.07. The number of nitrogens with one attached hydrogen (secondary N) is 1. The van der Waals surface area contributed by atoms with Gasteiger partial charge < -0.3 is 9.73 Å². The van der Waals surface area contributed by atoms with Crippen molar-refractivity contribution >= 4 is 28.4 Å². The van der Waals surface area contributed by atoms with E-state index in [-0.39, 0.29) is 11.9 Å². The van der Waals surface area contributed by atoms with Crippen LogP contribution in [0.25, 0.3) is 22.4 Å². The zero-order valence-corrected chi connectivity index (χ0v) is 15.1. The van der Waals surface area contributed by atoms with Crippen molar-refractivity contribution in [2.75, 3.05) is 0 Å². The van der Waals surface area contributed by atoms with Gasteiger partial charge in [0.05, 0.1) is 34.1 Å². The van der Waals surface area contributed by atoms with Crippen molar-refractivity contribution in [3.63, 3.8) is 0 Å². The first kappa shape index (κ1) is 17.2. The molecule has 0 aliphatic carbocycles. The van der Waals surface area contributed by atoms with Crippen molar-refractivity contribution in [3.05, 3.63) is 77.5 Å². The van der Waals surface area contributed by atoms with Gasteiger partial charge in [-0.25, -0.2) is 15.0 Å². The van der Waals surface area contributed by atoms with Crippen molar-refractivity contribution in [3.8, 4) is 11.5 Å². The Morgan fingerprint density at radius 2 is 2.11 bits per heavy atom. The van der Waals surface area contributed by atoms with Crippen LogP contribution >= 0.6 is 11.6 Å². The summed E-state index contributed by atoms with van der Waals surface area (Å²) in [5.41, 5.74) is 2.28. The second kappa shape index (κ2) is 7.17. The topological polar surface area (TPSA) is 80.9 Å². The van der Waals surface area contributed by atoms with Crippen molar-refractivity contribution in [2.24, 2.45) is 0 Å². The molecule has 1 aromatic carbocycles. The Labute approximate surface area is 160 Å². The van der Waals surface area contributed by atoms with Gasteiger partial charge >= 0.3 is 0 Å². The summed E-state index contributed by atoms with van der Waals surface area (Å²) in [6.45, 7) is 1.87. The Hall–Kier alpha value is -3.25. The molecule has 3 aromatic heterocycles. The number of aromatic nitrogens is 3. The number of nitrogens with zero attached hydrogens (tertiary/aromatic N) is 3. The third-order valence-corrected chi connectivity index (χ3v) is 4.51. The maximum Gasteiger partial charge on any atom is 0.252 e. The van der Waals surface area contributed by atoms with E-state index in [0.717, 1.165) is 5.69 Å². The average Bonchev–Trinajstić information content (AvgIpc) is 3.23. The highest BCUT2D eigenvalue weighted by atomic mass is 35.5. The molecule has 1 amide bonds. The lowest BCUT2D eigenvalue weighted by Crippen LogP contribution is -2.27. The van der Waals surface area contributed by atoms with E-state index in [1.165, 1.54) is 6.33 Å². The van der Waals surface area contributed by atoms with Crippen LogP contribution in [0, 0.1) is 0 Å². The fourth-order valence-electron chi connectivity index (χ4n) is 2.86. The highest BCUT2D eigenvalue weighted by Gasteiger charge is 2.19. The van der Waals surface area contributed by atoms with E-state index in [4.69, 9.17) is 16.0 Å². The Kier molecular flexibility index (Phi) is 4.56. The molecule has 6 nitrogen and oxygen atoms in total. The van der Waals surface area contributed by atoms with Gasteiger partial charge in [-0.05, 0) is 37.3 Å². The van der Waals surface area contributed by atoms with Gasteiger partial charge in [0.25, 0.3) is 5.91 Å². The quantitative estimate of drug-likeness (QED) is 0.568. The number of halogens is 1. The first-order chi connectivity index (χ1) is 13.1. The molecule has 4 rings (SSSR count). The molecule has 27 heavy (non-hydrogen) atoms. The largest absolute Gasteiger partial charge is 0.463 e. The molecule has 0 fully saturated rings. The number of hydrogen-bond acceptors (Lipinski definition) is 5. The van der Waals surface area contributed by atoms with Gasteiger partial charge in [-0.3, -0.25) is 4.79 Å². The predicted molar refractivity (Wildman–Crippen MR) is 102 cm³/mol. The molecule has 1 atom stereocenters. The minimum Gasteiger partial charge on any atom is -0.463 e. The molecular formula is C20H15ClN4O2. The van der Waals surface area contributed by atoms with Crippen LogP contribution in [0.15, 0.2) is 65.7 Å². The minimum absolute atomic E-state index is 0.247. The molecule has 7 heteroatoms. The molecule has 134 valence electrons. The molecular weight excluding hydrogens is 364 g/mol. The number of furan rings is 1. The molecule has 0 unspecified atom stereocenters. The van der Waals surface area contributed by atoms with Crippen molar-refractivity contribution in [2.45, 2.75) is 13.0 Å². The van der Waals surface area contributed by atoms with Crippen molar-refractivity contribution in [1.82, 2.24) is 20.3 Å². The summed E-state index contributed by atoms with van der Waals surface area (Å²) in [6.07, 6.45) is 4.65. The maximum absolute atomic E-state index is 13.0. The monoisotopic (exact) mass is 378 g/mol. The van der Waals surface area contributed by atoms with Crippen LogP contribution in [-0.4, -0.2) is 20.9 Å². The maximum atomic E-state index is 13.0. The molecule has 0 aliphatic heterocycles. The lowest BCUT2D eigenvalue weighted by atomic mass is 10.1. The molecule has 0 saturated carbocycles. The van der Waals surface area contributed by atoms with Gasteiger partial charge in [-0.15, -0.1) is 0 Å². The number of para-hydroxylation sites is 1. The summed E-state index contributed by atoms with van der Waals surface area (Å²) in [7, 11) is 0. The van der Waals surface area contributed by atoms with Gasteiger partial charge in [0.2, 0.25) is 0 Å². The number of pyridine rings is 1. The second-order valence-corrected chi connectivity index (χ2v) is 6.40. The first-order valence-corrected chi connectivity index (χ1v) is 8.71. The minimum atomic E-state index is -0.282. The van der Waals surface area contributed by atoms with Crippen LogP contribution in [0.2, 0.25) is 5.02 Å². The predicted octanol–water partition coefficient (Wildman–Crippen LogP) is 4.43. The Morgan fingerprint density at radius 3 is 2.85 bits per heavy atom. The van der Waals surface area contributed by atoms with Gasteiger partial charge in [-0.1, -0.05) is 23.7 Å². The van der Waals surface area contributed by atoms with Gasteiger partial charge in [0.15, 0.2) is 5.76 Å². The molecule has 0 aliphatic rings. The van der Waals surface area contributed by atoms with E-state index in [1.54, 1.807) is 48.9 Å². The smallest absolute Gasteiger partial charge is 0.252 e. The first-order valence-electron chi connectivity index (χ1n) is 8.33. The van der Waals surface area contributed by atoms with Crippen molar-refractivity contribution < 1.29 is 9.21 Å². The van der Waals surface area contributed by atoms with Crippen LogP contribution in [0.1, 0.15) is 29.0 Å². The zero-order valence-electron chi connectivity index (χ0n) is 14.4. The SMILES string of the molecule is C[C@H](NC(=O)c1cc(-c2ccco2)nc2c(Cl)cccc12)c1ccncn1. The lowest BCUT2D eigenvalue weighted by molar-refractivity contribution is 0.0940. The second-order valence-electron chi connectivity index (χ2n) is 6.00. The van der Waals surface area contributed by atoms with Crippen LogP contribution in [0.3, 0.4) is 0 Å². The number of benzene rings is 1. The zero-order chi connectivity index (χ0) is 18.8. The van der Waals surface area contributed by atoms with Crippen LogP contribution in [0.4, 0.5) is 0 Å².